The van der Waals surface area contributed by atoms with E-state index in [1.165, 1.54) is 12.8 Å². The molecule has 0 fully saturated rings. The first-order valence-electron chi connectivity index (χ1n) is 5.66. The molecule has 0 amide bonds. The number of halogens is 1. The summed E-state index contributed by atoms with van der Waals surface area (Å²) < 4.78 is 13.5. The smallest absolute Gasteiger partial charge is 0.128 e. The number of nitrogens with two attached hydrogens (primary N) is 1. The second-order valence-corrected chi connectivity index (χ2v) is 4.13. The summed E-state index contributed by atoms with van der Waals surface area (Å²) in [6, 6.07) is 5.12. The summed E-state index contributed by atoms with van der Waals surface area (Å²) in [4.78, 5) is 0. The first-order valence-corrected chi connectivity index (χ1v) is 5.66. The van der Waals surface area contributed by atoms with Gasteiger partial charge in [-0.05, 0) is 25.0 Å². The summed E-state index contributed by atoms with van der Waals surface area (Å²) in [5.41, 5.74) is 7.54. The Morgan fingerprint density at radius 1 is 1.33 bits per heavy atom. The van der Waals surface area contributed by atoms with Crippen LogP contribution in [0.1, 0.15) is 49.8 Å². The zero-order valence-corrected chi connectivity index (χ0v) is 9.59. The molecule has 0 radical (unpaired) electrons. The van der Waals surface area contributed by atoms with Crippen LogP contribution < -0.4 is 5.73 Å². The summed E-state index contributed by atoms with van der Waals surface area (Å²) in [5, 5.41) is 0. The number of hydrogen-bond donors (Lipinski definition) is 1. The molecule has 84 valence electrons. The zero-order chi connectivity index (χ0) is 11.3. The van der Waals surface area contributed by atoms with Crippen LogP contribution >= 0.6 is 0 Å². The molecule has 2 N–H and O–H groups in total. The van der Waals surface area contributed by atoms with Crippen molar-refractivity contribution in [3.05, 3.63) is 35.1 Å². The Morgan fingerprint density at radius 2 is 2.07 bits per heavy atom. The van der Waals surface area contributed by atoms with E-state index >= 15 is 0 Å². The fraction of sp³-hybridized carbons (Fsp3) is 0.538. The Bertz CT molecular complexity index is 309. The lowest BCUT2D eigenvalue weighted by Gasteiger charge is -2.12. The molecule has 0 bridgehead atoms. The molecule has 0 aliphatic heterocycles. The van der Waals surface area contributed by atoms with Crippen molar-refractivity contribution in [1.29, 1.82) is 0 Å². The maximum Gasteiger partial charge on any atom is 0.128 e. The fourth-order valence-corrected chi connectivity index (χ4v) is 1.70. The highest BCUT2D eigenvalue weighted by molar-refractivity contribution is 5.25. The van der Waals surface area contributed by atoms with Crippen molar-refractivity contribution in [1.82, 2.24) is 0 Å². The number of benzene rings is 1. The lowest BCUT2D eigenvalue weighted by atomic mass is 10.00. The third-order valence-corrected chi connectivity index (χ3v) is 2.67. The minimum atomic E-state index is -0.168. The second-order valence-electron chi connectivity index (χ2n) is 4.13. The fourth-order valence-electron chi connectivity index (χ4n) is 1.70. The Labute approximate surface area is 91.5 Å². The molecular formula is C13H20FN. The van der Waals surface area contributed by atoms with Crippen LogP contribution in [-0.2, 0) is 0 Å². The molecule has 1 atom stereocenters. The molecule has 0 saturated carbocycles. The van der Waals surface area contributed by atoms with E-state index in [-0.39, 0.29) is 11.9 Å². The van der Waals surface area contributed by atoms with Gasteiger partial charge in [0, 0.05) is 11.6 Å². The lowest BCUT2D eigenvalue weighted by molar-refractivity contribution is 0.538. The Morgan fingerprint density at radius 3 is 2.67 bits per heavy atom. The average molecular weight is 209 g/mol. The minimum absolute atomic E-state index is 0.155. The Balaban J connectivity index is 2.61. The number of hydrogen-bond acceptors (Lipinski definition) is 1. The topological polar surface area (TPSA) is 26.0 Å². The van der Waals surface area contributed by atoms with Crippen molar-refractivity contribution in [3.63, 3.8) is 0 Å². The molecule has 1 aromatic carbocycles. The monoisotopic (exact) mass is 209 g/mol. The van der Waals surface area contributed by atoms with Gasteiger partial charge in [0.15, 0.2) is 0 Å². The van der Waals surface area contributed by atoms with E-state index in [0.29, 0.717) is 5.56 Å². The van der Waals surface area contributed by atoms with Gasteiger partial charge < -0.3 is 5.73 Å². The molecule has 0 saturated heterocycles. The van der Waals surface area contributed by atoms with E-state index in [0.717, 1.165) is 18.4 Å². The number of unbranched alkanes of at least 4 members (excludes halogenated alkanes) is 2. The van der Waals surface area contributed by atoms with Gasteiger partial charge in [0.25, 0.3) is 0 Å². The minimum Gasteiger partial charge on any atom is -0.324 e. The lowest BCUT2D eigenvalue weighted by Crippen LogP contribution is -2.12. The van der Waals surface area contributed by atoms with Crippen LogP contribution in [0.2, 0.25) is 0 Å². The van der Waals surface area contributed by atoms with Gasteiger partial charge in [-0.1, -0.05) is 38.3 Å². The SMILES string of the molecule is CCCCCC(N)c1ccc(C)cc1F. The van der Waals surface area contributed by atoms with E-state index < -0.39 is 0 Å². The van der Waals surface area contributed by atoms with E-state index in [4.69, 9.17) is 5.73 Å². The van der Waals surface area contributed by atoms with Crippen LogP contribution in [0.25, 0.3) is 0 Å². The summed E-state index contributed by atoms with van der Waals surface area (Å²) in [6.45, 7) is 4.04. The maximum absolute atomic E-state index is 13.5. The van der Waals surface area contributed by atoms with Crippen LogP contribution in [0.4, 0.5) is 4.39 Å². The summed E-state index contributed by atoms with van der Waals surface area (Å²) >= 11 is 0. The summed E-state index contributed by atoms with van der Waals surface area (Å²) in [6.07, 6.45) is 4.28. The van der Waals surface area contributed by atoms with Crippen LogP contribution in [0.5, 0.6) is 0 Å². The number of rotatable bonds is 5. The summed E-state index contributed by atoms with van der Waals surface area (Å²) in [7, 11) is 0. The maximum atomic E-state index is 13.5. The molecule has 1 unspecified atom stereocenters. The van der Waals surface area contributed by atoms with Gasteiger partial charge in [0.05, 0.1) is 0 Å². The molecule has 15 heavy (non-hydrogen) atoms. The standard InChI is InChI=1S/C13H20FN/c1-3-4-5-6-13(15)11-8-7-10(2)9-12(11)14/h7-9,13H,3-6,15H2,1-2H3. The number of aryl methyl sites for hydroxylation is 1. The van der Waals surface area contributed by atoms with Crippen molar-refractivity contribution in [3.8, 4) is 0 Å². The van der Waals surface area contributed by atoms with Gasteiger partial charge in [0.1, 0.15) is 5.82 Å². The van der Waals surface area contributed by atoms with Gasteiger partial charge in [0.2, 0.25) is 0 Å². The molecule has 1 aromatic rings. The van der Waals surface area contributed by atoms with Crippen LogP contribution in [0.15, 0.2) is 18.2 Å². The third kappa shape index (κ3) is 3.63. The first kappa shape index (κ1) is 12.2. The van der Waals surface area contributed by atoms with Gasteiger partial charge >= 0.3 is 0 Å². The highest BCUT2D eigenvalue weighted by atomic mass is 19.1. The van der Waals surface area contributed by atoms with Crippen molar-refractivity contribution >= 4 is 0 Å². The molecule has 0 spiro atoms. The summed E-state index contributed by atoms with van der Waals surface area (Å²) in [5.74, 6) is -0.168. The van der Waals surface area contributed by atoms with Gasteiger partial charge in [-0.2, -0.15) is 0 Å². The van der Waals surface area contributed by atoms with Gasteiger partial charge in [-0.25, -0.2) is 4.39 Å². The van der Waals surface area contributed by atoms with E-state index in [1.807, 2.05) is 13.0 Å². The van der Waals surface area contributed by atoms with Gasteiger partial charge in [-0.15, -0.1) is 0 Å². The zero-order valence-electron chi connectivity index (χ0n) is 9.59. The van der Waals surface area contributed by atoms with E-state index in [1.54, 1.807) is 12.1 Å². The average Bonchev–Trinajstić information content (AvgIpc) is 2.17. The van der Waals surface area contributed by atoms with Crippen LogP contribution in [0, 0.1) is 12.7 Å². The predicted molar refractivity (Wildman–Crippen MR) is 62.2 cm³/mol. The predicted octanol–water partition coefficient (Wildman–Crippen LogP) is 3.71. The second kappa shape index (κ2) is 5.86. The van der Waals surface area contributed by atoms with E-state index in [2.05, 4.69) is 6.92 Å². The first-order chi connectivity index (χ1) is 7.15. The Hall–Kier alpha value is -0.890. The molecule has 0 aliphatic carbocycles. The van der Waals surface area contributed by atoms with Crippen molar-refractivity contribution in [2.24, 2.45) is 5.73 Å². The highest BCUT2D eigenvalue weighted by Crippen LogP contribution is 2.21. The van der Waals surface area contributed by atoms with Crippen molar-refractivity contribution < 1.29 is 4.39 Å². The van der Waals surface area contributed by atoms with Crippen molar-refractivity contribution in [2.75, 3.05) is 0 Å². The highest BCUT2D eigenvalue weighted by Gasteiger charge is 2.10. The van der Waals surface area contributed by atoms with Gasteiger partial charge in [-0.3, -0.25) is 0 Å². The molecule has 1 rings (SSSR count). The molecule has 1 nitrogen and oxygen atoms in total. The molecule has 0 heterocycles. The third-order valence-electron chi connectivity index (χ3n) is 2.67. The quantitative estimate of drug-likeness (QED) is 0.735. The van der Waals surface area contributed by atoms with Crippen molar-refractivity contribution in [2.45, 2.75) is 45.6 Å². The van der Waals surface area contributed by atoms with Crippen LogP contribution in [0.3, 0.4) is 0 Å². The Kier molecular flexibility index (Phi) is 4.76. The van der Waals surface area contributed by atoms with E-state index in [9.17, 15) is 4.39 Å². The largest absolute Gasteiger partial charge is 0.324 e. The molecular weight excluding hydrogens is 189 g/mol. The molecule has 2 heteroatoms. The molecule has 0 aliphatic rings. The van der Waals surface area contributed by atoms with Crippen LogP contribution in [-0.4, -0.2) is 0 Å². The molecule has 0 aromatic heterocycles. The normalized spacial score (nSPS) is 12.8.